The van der Waals surface area contributed by atoms with Gasteiger partial charge in [0.2, 0.25) is 5.95 Å². The van der Waals surface area contributed by atoms with Crippen molar-refractivity contribution in [1.82, 2.24) is 9.97 Å². The van der Waals surface area contributed by atoms with Crippen molar-refractivity contribution in [2.45, 2.75) is 6.18 Å². The zero-order chi connectivity index (χ0) is 15.7. The van der Waals surface area contributed by atoms with Crippen LogP contribution in [-0.4, -0.2) is 15.9 Å². The van der Waals surface area contributed by atoms with Crippen LogP contribution in [0.5, 0.6) is 0 Å². The summed E-state index contributed by atoms with van der Waals surface area (Å²) in [6, 6.07) is 11.2. The number of nitrogens with zero attached hydrogens (tertiary/aromatic N) is 1. The zero-order valence-corrected chi connectivity index (χ0v) is 11.1. The molecule has 0 atom stereocenters. The second-order valence-electron chi connectivity index (χ2n) is 4.63. The van der Waals surface area contributed by atoms with Crippen LogP contribution in [0.15, 0.2) is 48.5 Å². The molecule has 2 aromatic carbocycles. The summed E-state index contributed by atoms with van der Waals surface area (Å²) in [7, 11) is 0. The van der Waals surface area contributed by atoms with Gasteiger partial charge in [-0.3, -0.25) is 10.1 Å². The van der Waals surface area contributed by atoms with Crippen molar-refractivity contribution >= 4 is 22.9 Å². The van der Waals surface area contributed by atoms with Crippen LogP contribution in [-0.2, 0) is 6.18 Å². The molecule has 2 N–H and O–H groups in total. The molecule has 0 fully saturated rings. The molecule has 0 radical (unpaired) electrons. The lowest BCUT2D eigenvalue weighted by molar-refractivity contribution is -0.137. The SMILES string of the molecule is O=C(Nc1nc2ccccc2[nH]1)c1ccc(C(F)(F)F)cc1. The average Bonchev–Trinajstić information content (AvgIpc) is 2.88. The molecule has 0 saturated carbocycles. The number of amides is 1. The molecule has 0 spiro atoms. The van der Waals surface area contributed by atoms with Gasteiger partial charge >= 0.3 is 6.18 Å². The first-order chi connectivity index (χ1) is 10.4. The quantitative estimate of drug-likeness (QED) is 0.756. The van der Waals surface area contributed by atoms with E-state index in [4.69, 9.17) is 0 Å². The number of carbonyl (C=O) groups is 1. The van der Waals surface area contributed by atoms with E-state index in [-0.39, 0.29) is 11.5 Å². The van der Waals surface area contributed by atoms with Crippen LogP contribution in [0.1, 0.15) is 15.9 Å². The number of imidazole rings is 1. The minimum atomic E-state index is -4.42. The highest BCUT2D eigenvalue weighted by molar-refractivity contribution is 6.03. The summed E-state index contributed by atoms with van der Waals surface area (Å²) >= 11 is 0. The molecule has 7 heteroatoms. The summed E-state index contributed by atoms with van der Waals surface area (Å²) in [6.07, 6.45) is -4.42. The van der Waals surface area contributed by atoms with Gasteiger partial charge in [0.15, 0.2) is 0 Å². The van der Waals surface area contributed by atoms with Crippen molar-refractivity contribution in [3.8, 4) is 0 Å². The van der Waals surface area contributed by atoms with Crippen LogP contribution >= 0.6 is 0 Å². The first-order valence-corrected chi connectivity index (χ1v) is 6.37. The van der Waals surface area contributed by atoms with Gasteiger partial charge in [-0.25, -0.2) is 4.98 Å². The number of H-pyrrole nitrogens is 1. The summed E-state index contributed by atoms with van der Waals surface area (Å²) < 4.78 is 37.4. The van der Waals surface area contributed by atoms with Crippen molar-refractivity contribution in [3.05, 3.63) is 59.7 Å². The van der Waals surface area contributed by atoms with Crippen LogP contribution in [0.2, 0.25) is 0 Å². The fourth-order valence-corrected chi connectivity index (χ4v) is 2.00. The van der Waals surface area contributed by atoms with Crippen LogP contribution in [0, 0.1) is 0 Å². The highest BCUT2D eigenvalue weighted by Gasteiger charge is 2.30. The van der Waals surface area contributed by atoms with Crippen molar-refractivity contribution < 1.29 is 18.0 Å². The van der Waals surface area contributed by atoms with Crippen molar-refractivity contribution in [2.24, 2.45) is 0 Å². The van der Waals surface area contributed by atoms with Gasteiger partial charge < -0.3 is 4.98 Å². The Morgan fingerprint density at radius 3 is 2.36 bits per heavy atom. The molecule has 0 saturated heterocycles. The van der Waals surface area contributed by atoms with E-state index in [2.05, 4.69) is 15.3 Å². The van der Waals surface area contributed by atoms with Gasteiger partial charge in [0.1, 0.15) is 0 Å². The first-order valence-electron chi connectivity index (χ1n) is 6.37. The third-order valence-electron chi connectivity index (χ3n) is 3.10. The van der Waals surface area contributed by atoms with Crippen molar-refractivity contribution in [3.63, 3.8) is 0 Å². The molecule has 3 rings (SSSR count). The third-order valence-corrected chi connectivity index (χ3v) is 3.10. The van der Waals surface area contributed by atoms with E-state index in [1.807, 2.05) is 12.1 Å². The maximum absolute atomic E-state index is 12.5. The lowest BCUT2D eigenvalue weighted by Gasteiger charge is -2.07. The van der Waals surface area contributed by atoms with Gasteiger partial charge in [0.25, 0.3) is 5.91 Å². The number of fused-ring (bicyclic) bond motifs is 1. The molecule has 22 heavy (non-hydrogen) atoms. The topological polar surface area (TPSA) is 57.8 Å². The molecule has 0 unspecified atom stereocenters. The molecular weight excluding hydrogens is 295 g/mol. The van der Waals surface area contributed by atoms with Gasteiger partial charge in [-0.15, -0.1) is 0 Å². The van der Waals surface area contributed by atoms with E-state index >= 15 is 0 Å². The molecule has 0 bridgehead atoms. The van der Waals surface area contributed by atoms with Crippen LogP contribution in [0.25, 0.3) is 11.0 Å². The molecule has 1 heterocycles. The Bertz CT molecular complexity index is 789. The Hall–Kier alpha value is -2.83. The normalized spacial score (nSPS) is 11.6. The molecule has 0 aliphatic rings. The smallest absolute Gasteiger partial charge is 0.324 e. The zero-order valence-electron chi connectivity index (χ0n) is 11.1. The predicted octanol–water partition coefficient (Wildman–Crippen LogP) is 3.83. The number of carbonyl (C=O) groups excluding carboxylic acids is 1. The number of benzene rings is 2. The fourth-order valence-electron chi connectivity index (χ4n) is 2.00. The highest BCUT2D eigenvalue weighted by atomic mass is 19.4. The monoisotopic (exact) mass is 305 g/mol. The van der Waals surface area contributed by atoms with Crippen LogP contribution < -0.4 is 5.32 Å². The number of hydrogen-bond donors (Lipinski definition) is 2. The fraction of sp³-hybridized carbons (Fsp3) is 0.0667. The molecule has 112 valence electrons. The van der Waals surface area contributed by atoms with Gasteiger partial charge in [-0.05, 0) is 36.4 Å². The summed E-state index contributed by atoms with van der Waals surface area (Å²) in [4.78, 5) is 19.1. The van der Waals surface area contributed by atoms with E-state index in [9.17, 15) is 18.0 Å². The standard InChI is InChI=1S/C15H10F3N3O/c16-15(17,18)10-7-5-9(6-8-10)13(22)21-14-19-11-3-1-2-4-12(11)20-14/h1-8H,(H2,19,20,21,22). The summed E-state index contributed by atoms with van der Waals surface area (Å²) in [5, 5.41) is 2.52. The predicted molar refractivity (Wildman–Crippen MR) is 75.5 cm³/mol. The molecular formula is C15H10F3N3O. The molecule has 4 nitrogen and oxygen atoms in total. The second-order valence-corrected chi connectivity index (χ2v) is 4.63. The minimum absolute atomic E-state index is 0.119. The first kappa shape index (κ1) is 14.1. The molecule has 0 aliphatic carbocycles. The van der Waals surface area contributed by atoms with Gasteiger partial charge in [-0.2, -0.15) is 13.2 Å². The summed E-state index contributed by atoms with van der Waals surface area (Å²) in [6.45, 7) is 0. The molecule has 3 aromatic rings. The maximum atomic E-state index is 12.5. The van der Waals surface area contributed by atoms with E-state index in [0.29, 0.717) is 5.52 Å². The van der Waals surface area contributed by atoms with E-state index < -0.39 is 17.6 Å². The van der Waals surface area contributed by atoms with Crippen molar-refractivity contribution in [2.75, 3.05) is 5.32 Å². The average molecular weight is 305 g/mol. The largest absolute Gasteiger partial charge is 0.416 e. The van der Waals surface area contributed by atoms with Gasteiger partial charge in [0.05, 0.1) is 16.6 Å². The Morgan fingerprint density at radius 2 is 1.73 bits per heavy atom. The van der Waals surface area contributed by atoms with E-state index in [1.54, 1.807) is 12.1 Å². The molecule has 1 amide bonds. The lowest BCUT2D eigenvalue weighted by Crippen LogP contribution is -2.13. The Morgan fingerprint density at radius 1 is 1.05 bits per heavy atom. The maximum Gasteiger partial charge on any atom is 0.416 e. The Kier molecular flexibility index (Phi) is 3.32. The van der Waals surface area contributed by atoms with Gasteiger partial charge in [0, 0.05) is 5.56 Å². The summed E-state index contributed by atoms with van der Waals surface area (Å²) in [5.41, 5.74) is 0.761. The van der Waals surface area contributed by atoms with Gasteiger partial charge in [-0.1, -0.05) is 12.1 Å². The minimum Gasteiger partial charge on any atom is -0.324 e. The number of nitrogens with one attached hydrogen (secondary N) is 2. The number of hydrogen-bond acceptors (Lipinski definition) is 2. The number of anilines is 1. The second kappa shape index (κ2) is 5.18. The summed E-state index contributed by atoms with van der Waals surface area (Å²) in [5.74, 6) is -0.293. The lowest BCUT2D eigenvalue weighted by atomic mass is 10.1. The number of rotatable bonds is 2. The number of aromatic amines is 1. The Labute approximate surface area is 123 Å². The number of para-hydroxylation sites is 2. The van der Waals surface area contributed by atoms with Crippen molar-refractivity contribution in [1.29, 1.82) is 0 Å². The number of halogens is 3. The molecule has 1 aromatic heterocycles. The Balaban J connectivity index is 1.79. The van der Waals surface area contributed by atoms with Crippen LogP contribution in [0.4, 0.5) is 19.1 Å². The number of alkyl halides is 3. The van der Waals surface area contributed by atoms with E-state index in [1.165, 1.54) is 0 Å². The van der Waals surface area contributed by atoms with E-state index in [0.717, 1.165) is 29.8 Å². The highest BCUT2D eigenvalue weighted by Crippen LogP contribution is 2.29. The van der Waals surface area contributed by atoms with Crippen LogP contribution in [0.3, 0.4) is 0 Å². The third kappa shape index (κ3) is 2.78. The number of aromatic nitrogens is 2. The molecule has 0 aliphatic heterocycles.